The van der Waals surface area contributed by atoms with Crippen LogP contribution >= 0.6 is 11.6 Å². The number of sulfone groups is 1. The molecule has 0 saturated heterocycles. The fourth-order valence-electron chi connectivity index (χ4n) is 2.13. The molecule has 0 radical (unpaired) electrons. The Hall–Kier alpha value is -0.740. The van der Waals surface area contributed by atoms with Crippen molar-refractivity contribution in [2.24, 2.45) is 5.92 Å². The lowest BCUT2D eigenvalue weighted by atomic mass is 9.98. The molecular weight excluding hydrogens is 296 g/mol. The van der Waals surface area contributed by atoms with Crippen LogP contribution in [0, 0.1) is 5.92 Å². The van der Waals surface area contributed by atoms with Gasteiger partial charge in [-0.15, -0.1) is 11.6 Å². The molecule has 1 rings (SSSR count). The number of hydrogen-bond donors (Lipinski definition) is 0. The predicted octanol–water partition coefficient (Wildman–Crippen LogP) is 3.31. The van der Waals surface area contributed by atoms with Crippen LogP contribution < -0.4 is 4.74 Å². The molecule has 1 aromatic carbocycles. The van der Waals surface area contributed by atoms with Crippen molar-refractivity contribution in [1.82, 2.24) is 0 Å². The summed E-state index contributed by atoms with van der Waals surface area (Å²) >= 11 is 5.97. The molecule has 5 heteroatoms. The van der Waals surface area contributed by atoms with E-state index in [1.807, 2.05) is 31.2 Å². The molecule has 0 aliphatic heterocycles. The Labute approximate surface area is 127 Å². The van der Waals surface area contributed by atoms with E-state index < -0.39 is 9.84 Å². The molecule has 1 aromatic rings. The lowest BCUT2D eigenvalue weighted by Crippen LogP contribution is -2.16. The van der Waals surface area contributed by atoms with E-state index in [-0.39, 0.29) is 17.4 Å². The predicted molar refractivity (Wildman–Crippen MR) is 84.5 cm³/mol. The van der Waals surface area contributed by atoms with Crippen LogP contribution in [0.4, 0.5) is 0 Å². The topological polar surface area (TPSA) is 43.4 Å². The molecule has 3 nitrogen and oxygen atoms in total. The lowest BCUT2D eigenvalue weighted by Gasteiger charge is -2.14. The van der Waals surface area contributed by atoms with E-state index in [2.05, 4.69) is 0 Å². The zero-order valence-electron chi connectivity index (χ0n) is 12.1. The minimum atomic E-state index is -2.93. The molecule has 0 heterocycles. The second kappa shape index (κ2) is 8.53. The molecule has 0 amide bonds. The van der Waals surface area contributed by atoms with Gasteiger partial charge in [0.05, 0.1) is 12.9 Å². The smallest absolute Gasteiger partial charge is 0.150 e. The van der Waals surface area contributed by atoms with Crippen LogP contribution in [0.1, 0.15) is 25.3 Å². The summed E-state index contributed by atoms with van der Waals surface area (Å²) in [6, 6.07) is 7.82. The zero-order chi connectivity index (χ0) is 15.0. The van der Waals surface area contributed by atoms with Crippen molar-refractivity contribution in [1.29, 1.82) is 0 Å². The first-order valence-electron chi connectivity index (χ1n) is 6.90. The molecule has 0 aliphatic carbocycles. The van der Waals surface area contributed by atoms with E-state index in [1.165, 1.54) is 0 Å². The molecule has 0 aromatic heterocycles. The summed E-state index contributed by atoms with van der Waals surface area (Å²) in [5.74, 6) is 1.95. The van der Waals surface area contributed by atoms with E-state index in [0.717, 1.165) is 17.7 Å². The molecule has 0 fully saturated rings. The van der Waals surface area contributed by atoms with Crippen molar-refractivity contribution in [2.45, 2.75) is 26.2 Å². The number of alkyl halides is 1. The highest BCUT2D eigenvalue weighted by Gasteiger charge is 2.15. The van der Waals surface area contributed by atoms with E-state index in [1.54, 1.807) is 7.11 Å². The minimum absolute atomic E-state index is 0.176. The Kier molecular flexibility index (Phi) is 7.38. The fraction of sp³-hybridized carbons (Fsp3) is 0.600. The van der Waals surface area contributed by atoms with Gasteiger partial charge in [-0.3, -0.25) is 0 Å². The molecule has 0 aliphatic rings. The third-order valence-corrected chi connectivity index (χ3v) is 5.55. The second-order valence-corrected chi connectivity index (χ2v) is 7.63. The standard InChI is InChI=1S/C15H23ClO3S/c1-3-8-20(17,18)9-7-14(12-16)10-13-5-4-6-15(11-13)19-2/h4-6,11,14H,3,7-10,12H2,1-2H3. The van der Waals surface area contributed by atoms with Crippen LogP contribution in [0.25, 0.3) is 0 Å². The summed E-state index contributed by atoms with van der Waals surface area (Å²) in [5, 5.41) is 0. The molecule has 114 valence electrons. The van der Waals surface area contributed by atoms with Gasteiger partial charge in [-0.1, -0.05) is 19.1 Å². The Morgan fingerprint density at radius 2 is 2.05 bits per heavy atom. The van der Waals surface area contributed by atoms with Crippen molar-refractivity contribution in [3.8, 4) is 5.75 Å². The third kappa shape index (κ3) is 6.14. The van der Waals surface area contributed by atoms with Crippen LogP contribution in [0.3, 0.4) is 0 Å². The highest BCUT2D eigenvalue weighted by Crippen LogP contribution is 2.19. The van der Waals surface area contributed by atoms with E-state index >= 15 is 0 Å². The van der Waals surface area contributed by atoms with Crippen molar-refractivity contribution in [2.75, 3.05) is 24.5 Å². The first-order valence-corrected chi connectivity index (χ1v) is 9.25. The Morgan fingerprint density at radius 3 is 2.65 bits per heavy atom. The number of rotatable bonds is 9. The molecule has 0 N–H and O–H groups in total. The van der Waals surface area contributed by atoms with Crippen molar-refractivity contribution < 1.29 is 13.2 Å². The van der Waals surface area contributed by atoms with Gasteiger partial charge in [0.15, 0.2) is 0 Å². The minimum Gasteiger partial charge on any atom is -0.497 e. The second-order valence-electron chi connectivity index (χ2n) is 5.02. The normalized spacial score (nSPS) is 13.2. The largest absolute Gasteiger partial charge is 0.497 e. The van der Waals surface area contributed by atoms with E-state index in [4.69, 9.17) is 16.3 Å². The van der Waals surface area contributed by atoms with Crippen LogP contribution in [0.15, 0.2) is 24.3 Å². The first kappa shape index (κ1) is 17.3. The summed E-state index contributed by atoms with van der Waals surface area (Å²) in [6.45, 7) is 1.88. The monoisotopic (exact) mass is 318 g/mol. The maximum Gasteiger partial charge on any atom is 0.150 e. The summed E-state index contributed by atoms with van der Waals surface area (Å²) in [7, 11) is -1.29. The number of hydrogen-bond acceptors (Lipinski definition) is 3. The molecule has 1 atom stereocenters. The number of halogens is 1. The summed E-state index contributed by atoms with van der Waals surface area (Å²) in [5.41, 5.74) is 1.13. The van der Waals surface area contributed by atoms with Crippen LogP contribution in [0.2, 0.25) is 0 Å². The van der Waals surface area contributed by atoms with Gasteiger partial charge in [-0.25, -0.2) is 8.42 Å². The first-order chi connectivity index (χ1) is 9.50. The quantitative estimate of drug-likeness (QED) is 0.656. The lowest BCUT2D eigenvalue weighted by molar-refractivity contribution is 0.413. The number of methoxy groups -OCH3 is 1. The fourth-order valence-corrected chi connectivity index (χ4v) is 3.91. The van der Waals surface area contributed by atoms with Crippen molar-refractivity contribution in [3.63, 3.8) is 0 Å². The Balaban J connectivity index is 2.58. The molecular formula is C15H23ClO3S. The Morgan fingerprint density at radius 1 is 1.30 bits per heavy atom. The Bertz CT molecular complexity index is 500. The van der Waals surface area contributed by atoms with E-state index in [9.17, 15) is 8.42 Å². The summed E-state index contributed by atoms with van der Waals surface area (Å²) in [4.78, 5) is 0. The highest BCUT2D eigenvalue weighted by atomic mass is 35.5. The van der Waals surface area contributed by atoms with Gasteiger partial charge in [-0.2, -0.15) is 0 Å². The van der Waals surface area contributed by atoms with Gasteiger partial charge in [0.25, 0.3) is 0 Å². The summed E-state index contributed by atoms with van der Waals surface area (Å²) < 4.78 is 28.7. The van der Waals surface area contributed by atoms with Gasteiger partial charge in [-0.05, 0) is 42.9 Å². The van der Waals surface area contributed by atoms with Crippen LogP contribution in [-0.2, 0) is 16.3 Å². The number of benzene rings is 1. The molecule has 0 saturated carbocycles. The summed E-state index contributed by atoms with van der Waals surface area (Å²) in [6.07, 6.45) is 2.06. The molecule has 0 bridgehead atoms. The highest BCUT2D eigenvalue weighted by molar-refractivity contribution is 7.91. The van der Waals surface area contributed by atoms with Gasteiger partial charge in [0.2, 0.25) is 0 Å². The van der Waals surface area contributed by atoms with Crippen LogP contribution in [-0.4, -0.2) is 32.9 Å². The average Bonchev–Trinajstić information content (AvgIpc) is 2.43. The maximum atomic E-state index is 11.7. The van der Waals surface area contributed by atoms with Gasteiger partial charge >= 0.3 is 0 Å². The van der Waals surface area contributed by atoms with Crippen molar-refractivity contribution in [3.05, 3.63) is 29.8 Å². The molecule has 1 unspecified atom stereocenters. The van der Waals surface area contributed by atoms with Crippen LogP contribution in [0.5, 0.6) is 5.75 Å². The van der Waals surface area contributed by atoms with Gasteiger partial charge in [0, 0.05) is 11.6 Å². The van der Waals surface area contributed by atoms with E-state index in [0.29, 0.717) is 18.7 Å². The zero-order valence-corrected chi connectivity index (χ0v) is 13.7. The third-order valence-electron chi connectivity index (χ3n) is 3.23. The van der Waals surface area contributed by atoms with Crippen molar-refractivity contribution >= 4 is 21.4 Å². The molecule has 0 spiro atoms. The van der Waals surface area contributed by atoms with Gasteiger partial charge in [0.1, 0.15) is 15.6 Å². The average molecular weight is 319 g/mol. The SMILES string of the molecule is CCCS(=O)(=O)CCC(CCl)Cc1cccc(OC)c1. The molecule has 20 heavy (non-hydrogen) atoms. The van der Waals surface area contributed by atoms with Gasteiger partial charge < -0.3 is 4.74 Å². The number of ether oxygens (including phenoxy) is 1. The maximum absolute atomic E-state index is 11.7.